The molecule has 0 saturated heterocycles. The van der Waals surface area contributed by atoms with E-state index < -0.39 is 0 Å². The molecule has 0 amide bonds. The van der Waals surface area contributed by atoms with Crippen molar-refractivity contribution in [2.24, 2.45) is 5.73 Å². The van der Waals surface area contributed by atoms with Crippen molar-refractivity contribution < 1.29 is 9.13 Å². The molecule has 100 valence electrons. The van der Waals surface area contributed by atoms with Crippen molar-refractivity contribution >= 4 is 0 Å². The summed E-state index contributed by atoms with van der Waals surface area (Å²) >= 11 is 0. The van der Waals surface area contributed by atoms with Crippen LogP contribution in [0.15, 0.2) is 36.4 Å². The van der Waals surface area contributed by atoms with Crippen LogP contribution in [0.3, 0.4) is 0 Å². The third kappa shape index (κ3) is 2.76. The lowest BCUT2D eigenvalue weighted by Crippen LogP contribution is -2.13. The lowest BCUT2D eigenvalue weighted by molar-refractivity contribution is 0.411. The van der Waals surface area contributed by atoms with Crippen molar-refractivity contribution in [2.75, 3.05) is 7.11 Å². The van der Waals surface area contributed by atoms with Gasteiger partial charge in [0.2, 0.25) is 0 Å². The lowest BCUT2D eigenvalue weighted by Gasteiger charge is -2.17. The Labute approximate surface area is 113 Å². The zero-order chi connectivity index (χ0) is 14.0. The molecule has 0 spiro atoms. The quantitative estimate of drug-likeness (QED) is 0.915. The summed E-state index contributed by atoms with van der Waals surface area (Å²) in [5, 5.41) is 0. The van der Waals surface area contributed by atoms with E-state index in [1.54, 1.807) is 13.2 Å². The first kappa shape index (κ1) is 13.6. The maximum absolute atomic E-state index is 13.1. The van der Waals surface area contributed by atoms with E-state index in [0.29, 0.717) is 0 Å². The van der Waals surface area contributed by atoms with Gasteiger partial charge in [-0.05, 0) is 54.3 Å². The Kier molecular flexibility index (Phi) is 3.86. The highest BCUT2D eigenvalue weighted by Crippen LogP contribution is 2.27. The van der Waals surface area contributed by atoms with Crippen molar-refractivity contribution in [2.45, 2.75) is 19.9 Å². The average molecular weight is 259 g/mol. The fourth-order valence-corrected chi connectivity index (χ4v) is 2.20. The number of hydrogen-bond donors (Lipinski definition) is 1. The molecule has 2 aromatic rings. The van der Waals surface area contributed by atoms with E-state index in [4.69, 9.17) is 10.5 Å². The van der Waals surface area contributed by atoms with Crippen molar-refractivity contribution in [3.8, 4) is 5.75 Å². The fourth-order valence-electron chi connectivity index (χ4n) is 2.20. The zero-order valence-electron chi connectivity index (χ0n) is 11.4. The third-order valence-electron chi connectivity index (χ3n) is 3.36. The van der Waals surface area contributed by atoms with Gasteiger partial charge < -0.3 is 10.5 Å². The van der Waals surface area contributed by atoms with Crippen LogP contribution in [0.1, 0.15) is 28.3 Å². The monoisotopic (exact) mass is 259 g/mol. The van der Waals surface area contributed by atoms with Crippen LogP contribution in [0.25, 0.3) is 0 Å². The van der Waals surface area contributed by atoms with Crippen LogP contribution in [-0.4, -0.2) is 7.11 Å². The maximum atomic E-state index is 13.1. The molecule has 0 aliphatic carbocycles. The topological polar surface area (TPSA) is 35.2 Å². The summed E-state index contributed by atoms with van der Waals surface area (Å²) < 4.78 is 18.4. The number of nitrogens with two attached hydrogens (primary N) is 1. The van der Waals surface area contributed by atoms with Crippen LogP contribution in [0.5, 0.6) is 5.75 Å². The van der Waals surface area contributed by atoms with Crippen LogP contribution < -0.4 is 10.5 Å². The highest BCUT2D eigenvalue weighted by atomic mass is 19.1. The number of methoxy groups -OCH3 is 1. The smallest absolute Gasteiger partial charge is 0.123 e. The number of benzene rings is 2. The van der Waals surface area contributed by atoms with Gasteiger partial charge in [0.15, 0.2) is 0 Å². The summed E-state index contributed by atoms with van der Waals surface area (Å²) in [4.78, 5) is 0. The van der Waals surface area contributed by atoms with Gasteiger partial charge in [-0.2, -0.15) is 0 Å². The molecule has 0 fully saturated rings. The third-order valence-corrected chi connectivity index (χ3v) is 3.36. The van der Waals surface area contributed by atoms with Crippen LogP contribution in [0.4, 0.5) is 4.39 Å². The van der Waals surface area contributed by atoms with Gasteiger partial charge in [-0.25, -0.2) is 4.39 Å². The summed E-state index contributed by atoms with van der Waals surface area (Å²) in [7, 11) is 1.64. The van der Waals surface area contributed by atoms with E-state index in [0.717, 1.165) is 28.0 Å². The Balaban J connectivity index is 2.40. The van der Waals surface area contributed by atoms with Crippen molar-refractivity contribution in [3.63, 3.8) is 0 Å². The minimum atomic E-state index is -0.282. The molecule has 2 rings (SSSR count). The van der Waals surface area contributed by atoms with Crippen LogP contribution in [-0.2, 0) is 0 Å². The number of ether oxygens (including phenoxy) is 1. The first-order chi connectivity index (χ1) is 9.02. The van der Waals surface area contributed by atoms with Gasteiger partial charge in [0.05, 0.1) is 13.2 Å². The Morgan fingerprint density at radius 2 is 1.79 bits per heavy atom. The predicted octanol–water partition coefficient (Wildman–Crippen LogP) is 3.50. The molecule has 1 atom stereocenters. The molecule has 0 bridgehead atoms. The van der Waals surface area contributed by atoms with Crippen LogP contribution in [0.2, 0.25) is 0 Å². The van der Waals surface area contributed by atoms with E-state index in [1.807, 2.05) is 32.0 Å². The fraction of sp³-hybridized carbons (Fsp3) is 0.250. The molecule has 0 aliphatic rings. The Bertz CT molecular complexity index is 595. The second kappa shape index (κ2) is 5.41. The van der Waals surface area contributed by atoms with Gasteiger partial charge >= 0.3 is 0 Å². The number of aryl methyl sites for hydroxylation is 2. The van der Waals surface area contributed by atoms with Gasteiger partial charge in [0.25, 0.3) is 0 Å². The zero-order valence-corrected chi connectivity index (χ0v) is 11.4. The molecule has 0 radical (unpaired) electrons. The minimum absolute atomic E-state index is 0.241. The van der Waals surface area contributed by atoms with E-state index in [1.165, 1.54) is 12.1 Å². The molecule has 0 saturated carbocycles. The second-order valence-corrected chi connectivity index (χ2v) is 4.71. The first-order valence-corrected chi connectivity index (χ1v) is 6.19. The molecule has 3 heteroatoms. The Morgan fingerprint density at radius 1 is 1.05 bits per heavy atom. The van der Waals surface area contributed by atoms with Gasteiger partial charge in [0.1, 0.15) is 11.6 Å². The Hall–Kier alpha value is -1.87. The molecule has 2 aromatic carbocycles. The van der Waals surface area contributed by atoms with Gasteiger partial charge in [-0.3, -0.25) is 0 Å². The van der Waals surface area contributed by atoms with E-state index >= 15 is 0 Å². The molecule has 19 heavy (non-hydrogen) atoms. The summed E-state index contributed by atoms with van der Waals surface area (Å²) in [5.41, 5.74) is 10.1. The molecular weight excluding hydrogens is 241 g/mol. The van der Waals surface area contributed by atoms with E-state index in [9.17, 15) is 4.39 Å². The van der Waals surface area contributed by atoms with Crippen molar-refractivity contribution in [3.05, 3.63) is 64.5 Å². The van der Waals surface area contributed by atoms with Crippen LogP contribution >= 0.6 is 0 Å². The lowest BCUT2D eigenvalue weighted by atomic mass is 9.95. The standard InChI is InChI=1S/C16H18FNO/c1-10-4-5-12(9-15(10)19-3)16(18)14-7-6-13(17)8-11(14)2/h4-9,16H,18H2,1-3H3. The van der Waals surface area contributed by atoms with Gasteiger partial charge in [-0.15, -0.1) is 0 Å². The molecule has 0 heterocycles. The second-order valence-electron chi connectivity index (χ2n) is 4.71. The highest BCUT2D eigenvalue weighted by Gasteiger charge is 2.13. The molecular formula is C16H18FNO. The first-order valence-electron chi connectivity index (χ1n) is 6.19. The van der Waals surface area contributed by atoms with Gasteiger partial charge in [-0.1, -0.05) is 18.2 Å². The summed E-state index contributed by atoms with van der Waals surface area (Å²) in [5.74, 6) is 0.572. The molecule has 1 unspecified atom stereocenters. The highest BCUT2D eigenvalue weighted by molar-refractivity contribution is 5.42. The molecule has 2 nitrogen and oxygen atoms in total. The normalized spacial score (nSPS) is 12.3. The number of rotatable bonds is 3. The summed E-state index contributed by atoms with van der Waals surface area (Å²) in [6.45, 7) is 3.85. The maximum Gasteiger partial charge on any atom is 0.123 e. The Morgan fingerprint density at radius 3 is 2.42 bits per heavy atom. The SMILES string of the molecule is COc1cc(C(N)c2ccc(F)cc2C)ccc1C. The molecule has 0 aliphatic heterocycles. The molecule has 0 aromatic heterocycles. The predicted molar refractivity (Wildman–Crippen MR) is 74.9 cm³/mol. The largest absolute Gasteiger partial charge is 0.496 e. The summed E-state index contributed by atoms with van der Waals surface area (Å²) in [6.07, 6.45) is 0. The van der Waals surface area contributed by atoms with Gasteiger partial charge in [0, 0.05) is 0 Å². The van der Waals surface area contributed by atoms with Crippen molar-refractivity contribution in [1.82, 2.24) is 0 Å². The summed E-state index contributed by atoms with van der Waals surface area (Å²) in [6, 6.07) is 10.3. The molecule has 2 N–H and O–H groups in total. The van der Waals surface area contributed by atoms with Crippen LogP contribution in [0, 0.1) is 19.7 Å². The number of hydrogen-bond acceptors (Lipinski definition) is 2. The average Bonchev–Trinajstić information content (AvgIpc) is 2.38. The number of halogens is 1. The van der Waals surface area contributed by atoms with Crippen molar-refractivity contribution in [1.29, 1.82) is 0 Å². The minimum Gasteiger partial charge on any atom is -0.496 e. The van der Waals surface area contributed by atoms with E-state index in [-0.39, 0.29) is 11.9 Å². The van der Waals surface area contributed by atoms with E-state index in [2.05, 4.69) is 0 Å².